The van der Waals surface area contributed by atoms with Gasteiger partial charge in [-0.05, 0) is 55.1 Å². The lowest BCUT2D eigenvalue weighted by Gasteiger charge is -2.28. The third-order valence-electron chi connectivity index (χ3n) is 6.00. The summed E-state index contributed by atoms with van der Waals surface area (Å²) in [5.41, 5.74) is 1.20. The maximum atomic E-state index is 13.2. The molecule has 34 heavy (non-hydrogen) atoms. The minimum atomic E-state index is -0.720. The third-order valence-corrected chi connectivity index (χ3v) is 6.00. The molecule has 0 bridgehead atoms. The van der Waals surface area contributed by atoms with Gasteiger partial charge in [0.15, 0.2) is 0 Å². The van der Waals surface area contributed by atoms with Crippen molar-refractivity contribution < 1.29 is 24.2 Å². The van der Waals surface area contributed by atoms with Crippen molar-refractivity contribution in [2.24, 2.45) is 0 Å². The van der Waals surface area contributed by atoms with Crippen molar-refractivity contribution in [3.63, 3.8) is 0 Å². The Morgan fingerprint density at radius 3 is 2.44 bits per heavy atom. The Bertz CT molecular complexity index is 1060. The SMILES string of the molecule is C=CCOc1ccc(/C(O)=C2/C(=O)C(=O)N(CCN(CC)CC)C2c2cccc(OC)c2)cc1. The van der Waals surface area contributed by atoms with E-state index in [1.54, 1.807) is 54.5 Å². The van der Waals surface area contributed by atoms with Gasteiger partial charge >= 0.3 is 0 Å². The van der Waals surface area contributed by atoms with Crippen LogP contribution in [-0.2, 0) is 9.59 Å². The molecule has 2 aromatic rings. The summed E-state index contributed by atoms with van der Waals surface area (Å²) in [6, 6.07) is 13.3. The number of ether oxygens (including phenoxy) is 2. The number of likely N-dealkylation sites (tertiary alicyclic amines) is 1. The second-order valence-corrected chi connectivity index (χ2v) is 7.92. The first-order valence-corrected chi connectivity index (χ1v) is 11.4. The number of likely N-dealkylation sites (N-methyl/N-ethyl adjacent to an activating group) is 1. The van der Waals surface area contributed by atoms with Crippen LogP contribution in [0.25, 0.3) is 5.76 Å². The van der Waals surface area contributed by atoms with Gasteiger partial charge in [0, 0.05) is 18.7 Å². The number of amides is 1. The average molecular weight is 465 g/mol. The average Bonchev–Trinajstić information content (AvgIpc) is 3.13. The van der Waals surface area contributed by atoms with Gasteiger partial charge in [-0.25, -0.2) is 0 Å². The molecule has 7 heteroatoms. The number of methoxy groups -OCH3 is 1. The van der Waals surface area contributed by atoms with E-state index in [2.05, 4.69) is 25.3 Å². The molecule has 0 spiro atoms. The highest BCUT2D eigenvalue weighted by Crippen LogP contribution is 2.40. The molecule has 2 aromatic carbocycles. The van der Waals surface area contributed by atoms with Crippen molar-refractivity contribution in [2.45, 2.75) is 19.9 Å². The second-order valence-electron chi connectivity index (χ2n) is 7.92. The quantitative estimate of drug-likeness (QED) is 0.234. The molecule has 0 aromatic heterocycles. The van der Waals surface area contributed by atoms with Crippen LogP contribution in [0.4, 0.5) is 0 Å². The topological polar surface area (TPSA) is 79.3 Å². The molecular weight excluding hydrogens is 432 g/mol. The Morgan fingerprint density at radius 2 is 1.82 bits per heavy atom. The van der Waals surface area contributed by atoms with E-state index in [0.29, 0.717) is 42.3 Å². The van der Waals surface area contributed by atoms with Crippen molar-refractivity contribution in [2.75, 3.05) is 39.9 Å². The zero-order chi connectivity index (χ0) is 24.7. The number of rotatable bonds is 11. The molecule has 1 N–H and O–H groups in total. The number of carbonyl (C=O) groups is 2. The van der Waals surface area contributed by atoms with Gasteiger partial charge in [-0.15, -0.1) is 0 Å². The monoisotopic (exact) mass is 464 g/mol. The fourth-order valence-corrected chi connectivity index (χ4v) is 4.08. The van der Waals surface area contributed by atoms with E-state index in [0.717, 1.165) is 13.1 Å². The van der Waals surface area contributed by atoms with Crippen LogP contribution in [-0.4, -0.2) is 66.5 Å². The molecule has 1 heterocycles. The van der Waals surface area contributed by atoms with Crippen LogP contribution in [0.3, 0.4) is 0 Å². The number of hydrogen-bond donors (Lipinski definition) is 1. The first-order valence-electron chi connectivity index (χ1n) is 11.4. The summed E-state index contributed by atoms with van der Waals surface area (Å²) in [5.74, 6) is -0.313. The first-order chi connectivity index (χ1) is 16.4. The molecule has 1 aliphatic heterocycles. The van der Waals surface area contributed by atoms with Crippen LogP contribution < -0.4 is 9.47 Å². The van der Waals surface area contributed by atoms with Crippen LogP contribution in [0.5, 0.6) is 11.5 Å². The maximum absolute atomic E-state index is 13.2. The molecule has 0 aliphatic carbocycles. The molecule has 1 saturated heterocycles. The van der Waals surface area contributed by atoms with Crippen molar-refractivity contribution in [3.8, 4) is 11.5 Å². The summed E-state index contributed by atoms with van der Waals surface area (Å²) in [6.45, 7) is 10.8. The Morgan fingerprint density at radius 1 is 1.12 bits per heavy atom. The zero-order valence-corrected chi connectivity index (χ0v) is 20.0. The number of benzene rings is 2. The van der Waals surface area contributed by atoms with Crippen LogP contribution >= 0.6 is 0 Å². The van der Waals surface area contributed by atoms with Crippen molar-refractivity contribution in [1.82, 2.24) is 9.80 Å². The summed E-state index contributed by atoms with van der Waals surface area (Å²) in [7, 11) is 1.56. The highest BCUT2D eigenvalue weighted by Gasteiger charge is 2.46. The van der Waals surface area contributed by atoms with Crippen LogP contribution in [0.15, 0.2) is 66.8 Å². The summed E-state index contributed by atoms with van der Waals surface area (Å²) in [4.78, 5) is 30.0. The van der Waals surface area contributed by atoms with Gasteiger partial charge in [-0.3, -0.25) is 9.59 Å². The second kappa shape index (κ2) is 11.5. The van der Waals surface area contributed by atoms with Gasteiger partial charge in [-0.2, -0.15) is 0 Å². The number of Topliss-reactive ketones (excluding diaryl/α,β-unsaturated/α-hetero) is 1. The molecule has 0 radical (unpaired) electrons. The van der Waals surface area contributed by atoms with Gasteiger partial charge < -0.3 is 24.4 Å². The van der Waals surface area contributed by atoms with E-state index in [9.17, 15) is 14.7 Å². The fourth-order valence-electron chi connectivity index (χ4n) is 4.08. The Kier molecular flexibility index (Phi) is 8.49. The number of aliphatic hydroxyl groups excluding tert-OH is 1. The predicted octanol–water partition coefficient (Wildman–Crippen LogP) is 4.02. The van der Waals surface area contributed by atoms with E-state index >= 15 is 0 Å². The van der Waals surface area contributed by atoms with Crippen LogP contribution in [0.1, 0.15) is 31.0 Å². The van der Waals surface area contributed by atoms with E-state index in [4.69, 9.17) is 9.47 Å². The minimum absolute atomic E-state index is 0.0672. The molecule has 1 unspecified atom stereocenters. The summed E-state index contributed by atoms with van der Waals surface area (Å²) in [5, 5.41) is 11.2. The molecular formula is C27H32N2O5. The van der Waals surface area contributed by atoms with Crippen molar-refractivity contribution in [3.05, 3.63) is 77.9 Å². The van der Waals surface area contributed by atoms with E-state index in [1.807, 2.05) is 12.1 Å². The van der Waals surface area contributed by atoms with Gasteiger partial charge in [0.25, 0.3) is 11.7 Å². The van der Waals surface area contributed by atoms with Crippen molar-refractivity contribution in [1.29, 1.82) is 0 Å². The third kappa shape index (κ3) is 5.31. The molecule has 0 saturated carbocycles. The molecule has 180 valence electrons. The summed E-state index contributed by atoms with van der Waals surface area (Å²) >= 11 is 0. The number of hydrogen-bond acceptors (Lipinski definition) is 6. The van der Waals surface area contributed by atoms with Gasteiger partial charge in [0.1, 0.15) is 23.9 Å². The van der Waals surface area contributed by atoms with Crippen LogP contribution in [0, 0.1) is 0 Å². The van der Waals surface area contributed by atoms with Gasteiger partial charge in [0.05, 0.1) is 18.7 Å². The normalized spacial score (nSPS) is 17.3. The molecule has 1 aliphatic rings. The molecule has 1 fully saturated rings. The number of carbonyl (C=O) groups excluding carboxylic acids is 2. The maximum Gasteiger partial charge on any atom is 0.295 e. The summed E-state index contributed by atoms with van der Waals surface area (Å²) in [6.07, 6.45) is 1.64. The molecule has 1 atom stereocenters. The van der Waals surface area contributed by atoms with Crippen molar-refractivity contribution >= 4 is 17.4 Å². The number of ketones is 1. The van der Waals surface area contributed by atoms with Gasteiger partial charge in [-0.1, -0.05) is 38.6 Å². The van der Waals surface area contributed by atoms with E-state index in [1.165, 1.54) is 0 Å². The Hall–Kier alpha value is -3.58. The number of nitrogens with zero attached hydrogens (tertiary/aromatic N) is 2. The minimum Gasteiger partial charge on any atom is -0.507 e. The predicted molar refractivity (Wildman–Crippen MR) is 132 cm³/mol. The summed E-state index contributed by atoms with van der Waals surface area (Å²) < 4.78 is 10.9. The molecule has 7 nitrogen and oxygen atoms in total. The number of aliphatic hydroxyl groups is 1. The molecule has 1 amide bonds. The zero-order valence-electron chi connectivity index (χ0n) is 20.0. The lowest BCUT2D eigenvalue weighted by Crippen LogP contribution is -2.38. The lowest BCUT2D eigenvalue weighted by molar-refractivity contribution is -0.140. The van der Waals surface area contributed by atoms with Gasteiger partial charge in [0.2, 0.25) is 0 Å². The highest BCUT2D eigenvalue weighted by atomic mass is 16.5. The Balaban J connectivity index is 2.06. The first kappa shape index (κ1) is 25.1. The smallest absolute Gasteiger partial charge is 0.295 e. The van der Waals surface area contributed by atoms with E-state index in [-0.39, 0.29) is 11.3 Å². The van der Waals surface area contributed by atoms with Crippen LogP contribution in [0.2, 0.25) is 0 Å². The Labute approximate surface area is 200 Å². The van der Waals surface area contributed by atoms with E-state index < -0.39 is 17.7 Å². The fraction of sp³-hybridized carbons (Fsp3) is 0.333. The largest absolute Gasteiger partial charge is 0.507 e. The molecule has 3 rings (SSSR count). The standard InChI is InChI=1S/C27H32N2O5/c1-5-17-34-21-13-11-19(12-14-21)25(30)23-24(20-9-8-10-22(18-20)33-4)29(27(32)26(23)31)16-15-28(6-2)7-3/h5,8-14,18,24,30H,1,6-7,15-17H2,2-4H3/b25-23-. The lowest BCUT2D eigenvalue weighted by atomic mass is 9.95. The highest BCUT2D eigenvalue weighted by molar-refractivity contribution is 6.46.